The van der Waals surface area contributed by atoms with E-state index >= 15 is 0 Å². The van der Waals surface area contributed by atoms with E-state index in [4.69, 9.17) is 9.05 Å². The molecule has 4 unspecified atom stereocenters. The smallest absolute Gasteiger partial charge is 0.268 e. The Kier molecular flexibility index (Phi) is 46.3. The van der Waals surface area contributed by atoms with Crippen LogP contribution in [-0.4, -0.2) is 79.8 Å². The molecular formula is C59H101N2O7P. The van der Waals surface area contributed by atoms with E-state index in [1.54, 1.807) is 0 Å². The molecule has 0 aliphatic heterocycles. The molecule has 0 rings (SSSR count). The van der Waals surface area contributed by atoms with Crippen molar-refractivity contribution in [2.75, 3.05) is 40.9 Å². The van der Waals surface area contributed by atoms with Gasteiger partial charge in [-0.3, -0.25) is 9.36 Å². The highest BCUT2D eigenvalue weighted by Gasteiger charge is 2.29. The maximum Gasteiger partial charge on any atom is 0.268 e. The second kappa shape index (κ2) is 48.5. The number of aliphatic hydroxyl groups excluding tert-OH is 2. The fourth-order valence-electron chi connectivity index (χ4n) is 6.99. The summed E-state index contributed by atoms with van der Waals surface area (Å²) < 4.78 is 23.2. The van der Waals surface area contributed by atoms with Gasteiger partial charge in [-0.1, -0.05) is 187 Å². The average Bonchev–Trinajstić information content (AvgIpc) is 3.31. The second-order valence-electron chi connectivity index (χ2n) is 19.0. The summed E-state index contributed by atoms with van der Waals surface area (Å²) in [5.41, 5.74) is 0. The van der Waals surface area contributed by atoms with Crippen molar-refractivity contribution in [3.8, 4) is 0 Å². The largest absolute Gasteiger partial charge is 0.756 e. The summed E-state index contributed by atoms with van der Waals surface area (Å²) in [5.74, 6) is -0.308. The zero-order chi connectivity index (χ0) is 50.8. The van der Waals surface area contributed by atoms with Crippen LogP contribution in [0.2, 0.25) is 0 Å². The molecule has 0 aromatic heterocycles. The van der Waals surface area contributed by atoms with E-state index in [1.165, 1.54) is 44.9 Å². The van der Waals surface area contributed by atoms with Crippen LogP contribution < -0.4 is 10.2 Å². The number of unbranched alkanes of at least 4 members (excludes halogenated alkanes) is 13. The maximum absolute atomic E-state index is 13.0. The predicted molar refractivity (Wildman–Crippen MR) is 294 cm³/mol. The summed E-state index contributed by atoms with van der Waals surface area (Å²) in [6.07, 6.45) is 68.3. The van der Waals surface area contributed by atoms with Crippen LogP contribution in [0.15, 0.2) is 122 Å². The molecule has 0 saturated heterocycles. The Morgan fingerprint density at radius 3 is 1.39 bits per heavy atom. The molecule has 0 spiro atoms. The zero-order valence-electron chi connectivity index (χ0n) is 44.3. The number of nitrogens with one attached hydrogen (secondary N) is 1. The SMILES string of the molecule is CC/C=C\C/C=C\C/C=C\C/C=C\C/C=C\C/C=C\C/C=C\C/C=C\CCCCCCCCCCC(=O)NC(COP(=O)([O-])OCC[N+](C)(C)C)C(O)C(O)CCC/C=C/CC/C=C/CCCCC. The topological polar surface area (TPSA) is 128 Å². The number of allylic oxidation sites excluding steroid dienone is 20. The Labute approximate surface area is 423 Å². The number of carbonyl (C=O) groups is 1. The van der Waals surface area contributed by atoms with Crippen LogP contribution in [0.25, 0.3) is 0 Å². The number of aliphatic hydroxyl groups is 2. The third kappa shape index (κ3) is 49.6. The molecule has 0 bridgehead atoms. The molecular weight excluding hydrogens is 880 g/mol. The summed E-state index contributed by atoms with van der Waals surface area (Å²) in [6.45, 7) is 4.23. The van der Waals surface area contributed by atoms with Crippen molar-refractivity contribution in [2.24, 2.45) is 0 Å². The fourth-order valence-corrected chi connectivity index (χ4v) is 7.71. The molecule has 0 aromatic carbocycles. The van der Waals surface area contributed by atoms with Gasteiger partial charge in [0.2, 0.25) is 5.91 Å². The molecule has 0 saturated carbocycles. The van der Waals surface area contributed by atoms with Gasteiger partial charge < -0.3 is 34.0 Å². The van der Waals surface area contributed by atoms with Crippen molar-refractivity contribution in [3.05, 3.63) is 122 Å². The van der Waals surface area contributed by atoms with E-state index in [0.29, 0.717) is 30.3 Å². The van der Waals surface area contributed by atoms with Gasteiger partial charge in [0.25, 0.3) is 7.82 Å². The Bertz CT molecular complexity index is 1550. The van der Waals surface area contributed by atoms with Crippen molar-refractivity contribution in [1.82, 2.24) is 5.32 Å². The Morgan fingerprint density at radius 1 is 0.536 bits per heavy atom. The normalized spacial score (nSPS) is 15.4. The Morgan fingerprint density at radius 2 is 0.928 bits per heavy atom. The van der Waals surface area contributed by atoms with E-state index in [9.17, 15) is 24.5 Å². The molecule has 10 heteroatoms. The Hall–Kier alpha value is -3.14. The van der Waals surface area contributed by atoms with Gasteiger partial charge in [0.05, 0.1) is 39.9 Å². The first-order chi connectivity index (χ1) is 33.4. The Balaban J connectivity index is 4.29. The molecule has 0 aliphatic carbocycles. The van der Waals surface area contributed by atoms with Gasteiger partial charge in [-0.25, -0.2) is 0 Å². The lowest BCUT2D eigenvalue weighted by Gasteiger charge is -2.31. The number of hydrogen-bond acceptors (Lipinski definition) is 7. The molecule has 0 aromatic rings. The van der Waals surface area contributed by atoms with Crippen LogP contribution in [0.1, 0.15) is 187 Å². The highest BCUT2D eigenvalue weighted by Crippen LogP contribution is 2.38. The molecule has 9 nitrogen and oxygen atoms in total. The molecule has 0 fully saturated rings. The van der Waals surface area contributed by atoms with Crippen molar-refractivity contribution in [2.45, 2.75) is 205 Å². The molecule has 4 atom stereocenters. The molecule has 0 aliphatic rings. The minimum absolute atomic E-state index is 0.0572. The van der Waals surface area contributed by atoms with Crippen molar-refractivity contribution >= 4 is 13.7 Å². The number of quaternary nitrogens is 1. The molecule has 3 N–H and O–H groups in total. The lowest BCUT2D eigenvalue weighted by atomic mass is 10.0. The fraction of sp³-hybridized carbons (Fsp3) is 0.644. The van der Waals surface area contributed by atoms with E-state index in [0.717, 1.165) is 103 Å². The summed E-state index contributed by atoms with van der Waals surface area (Å²) in [7, 11) is 1.07. The number of carbonyl (C=O) groups excluding carboxylic acids is 1. The van der Waals surface area contributed by atoms with Crippen molar-refractivity contribution in [1.29, 1.82) is 0 Å². The summed E-state index contributed by atoms with van der Waals surface area (Å²) in [4.78, 5) is 25.5. The van der Waals surface area contributed by atoms with Crippen LogP contribution in [0.5, 0.6) is 0 Å². The van der Waals surface area contributed by atoms with E-state index in [-0.39, 0.29) is 18.9 Å². The van der Waals surface area contributed by atoms with Gasteiger partial charge in [0, 0.05) is 6.42 Å². The first kappa shape index (κ1) is 65.9. The second-order valence-corrected chi connectivity index (χ2v) is 20.4. The summed E-state index contributed by atoms with van der Waals surface area (Å²) >= 11 is 0. The standard InChI is InChI=1S/C59H101N2O7P/c1-6-8-10-12-14-16-18-20-21-22-23-24-25-26-27-28-29-30-31-32-33-34-35-36-37-38-39-40-42-44-46-48-50-52-58(63)60-56(55-68-69(65,66)67-54-53-61(3,4)5)59(64)57(62)51-49-47-45-43-41-19-17-15-13-11-9-7-2/h8,10,14-17,20-21,23-24,26-27,29-30,32-33,35-36,43,45,56-57,59,62,64H,6-7,9,11-13,18-19,22,25,28,31,34,37-42,44,46-55H2,1-5H3,(H-,60,63,65,66)/b10-8-,16-14-,17-15+,21-20-,24-23-,27-26-,30-29-,33-32-,36-35-,45-43+. The number of likely N-dealkylation sites (N-methyl/N-ethyl adjacent to an activating group) is 1. The monoisotopic (exact) mass is 981 g/mol. The molecule has 394 valence electrons. The average molecular weight is 981 g/mol. The molecule has 69 heavy (non-hydrogen) atoms. The minimum atomic E-state index is -4.69. The molecule has 0 radical (unpaired) electrons. The van der Waals surface area contributed by atoms with Gasteiger partial charge in [-0.05, 0) is 116 Å². The third-order valence-electron chi connectivity index (χ3n) is 11.3. The van der Waals surface area contributed by atoms with Gasteiger partial charge >= 0.3 is 0 Å². The molecule has 1 amide bonds. The minimum Gasteiger partial charge on any atom is -0.756 e. The number of nitrogens with zero attached hydrogens (tertiary/aromatic N) is 1. The first-order valence-electron chi connectivity index (χ1n) is 27.0. The maximum atomic E-state index is 13.0. The zero-order valence-corrected chi connectivity index (χ0v) is 45.2. The van der Waals surface area contributed by atoms with Gasteiger partial charge in [0.15, 0.2) is 0 Å². The lowest BCUT2D eigenvalue weighted by Crippen LogP contribution is -2.51. The summed E-state index contributed by atoms with van der Waals surface area (Å²) in [6, 6.07) is -1.11. The predicted octanol–water partition coefficient (Wildman–Crippen LogP) is 14.5. The quantitative estimate of drug-likeness (QED) is 0.0240. The highest BCUT2D eigenvalue weighted by atomic mass is 31.2. The summed E-state index contributed by atoms with van der Waals surface area (Å²) in [5, 5.41) is 24.6. The number of hydrogen-bond donors (Lipinski definition) is 3. The van der Waals surface area contributed by atoms with Gasteiger partial charge in [0.1, 0.15) is 19.3 Å². The van der Waals surface area contributed by atoms with Crippen molar-refractivity contribution < 1.29 is 38.0 Å². The van der Waals surface area contributed by atoms with Crippen molar-refractivity contribution in [3.63, 3.8) is 0 Å². The highest BCUT2D eigenvalue weighted by molar-refractivity contribution is 7.45. The first-order valence-corrected chi connectivity index (χ1v) is 28.4. The molecule has 0 heterocycles. The van der Waals surface area contributed by atoms with E-state index in [2.05, 4.69) is 141 Å². The van der Waals surface area contributed by atoms with Crippen LogP contribution in [0.4, 0.5) is 0 Å². The van der Waals surface area contributed by atoms with E-state index < -0.39 is 32.7 Å². The number of amides is 1. The third-order valence-corrected chi connectivity index (χ3v) is 12.2. The van der Waals surface area contributed by atoms with Crippen LogP contribution in [0, 0.1) is 0 Å². The van der Waals surface area contributed by atoms with Crippen LogP contribution in [0.3, 0.4) is 0 Å². The van der Waals surface area contributed by atoms with Crippen LogP contribution in [-0.2, 0) is 18.4 Å². The van der Waals surface area contributed by atoms with Crippen LogP contribution >= 0.6 is 7.82 Å². The number of rotatable bonds is 47. The number of phosphoric acid groups is 1. The van der Waals surface area contributed by atoms with Gasteiger partial charge in [-0.15, -0.1) is 0 Å². The lowest BCUT2D eigenvalue weighted by molar-refractivity contribution is -0.870. The number of phosphoric ester groups is 1. The van der Waals surface area contributed by atoms with Gasteiger partial charge in [-0.2, -0.15) is 0 Å². The van der Waals surface area contributed by atoms with E-state index in [1.807, 2.05) is 21.1 Å².